The summed E-state index contributed by atoms with van der Waals surface area (Å²) in [6, 6.07) is 1.07. The molecule has 0 saturated heterocycles. The van der Waals surface area contributed by atoms with Crippen molar-refractivity contribution < 1.29 is 39.3 Å². The first-order valence-electron chi connectivity index (χ1n) is 10.7. The average Bonchev–Trinajstić information content (AvgIpc) is 2.72. The van der Waals surface area contributed by atoms with Crippen LogP contribution in [0.2, 0.25) is 0 Å². The molecule has 1 aromatic carbocycles. The predicted octanol–water partition coefficient (Wildman–Crippen LogP) is -0.658. The third-order valence-corrected chi connectivity index (χ3v) is 4.76. The quantitative estimate of drug-likeness (QED) is 0.191. The van der Waals surface area contributed by atoms with Crippen molar-refractivity contribution in [3.63, 3.8) is 0 Å². The molecule has 3 amide bonds. The first-order valence-corrected chi connectivity index (χ1v) is 10.7. The summed E-state index contributed by atoms with van der Waals surface area (Å²) in [5.41, 5.74) is 6.20. The first kappa shape index (κ1) is 28.4. The molecule has 0 heterocycles. The largest absolute Gasteiger partial charge is 0.508 e. The van der Waals surface area contributed by atoms with Crippen molar-refractivity contribution in [1.29, 1.82) is 0 Å². The minimum Gasteiger partial charge on any atom is -0.508 e. The zero-order valence-corrected chi connectivity index (χ0v) is 19.3. The highest BCUT2D eigenvalue weighted by Crippen LogP contribution is 2.12. The van der Waals surface area contributed by atoms with Crippen LogP contribution in [0.5, 0.6) is 5.75 Å². The number of phenolic OH excluding ortho intramolecular Hbond substituents is 1. The van der Waals surface area contributed by atoms with E-state index in [2.05, 4.69) is 16.0 Å². The van der Waals surface area contributed by atoms with Crippen molar-refractivity contribution in [2.45, 2.75) is 64.2 Å². The highest BCUT2D eigenvalue weighted by Gasteiger charge is 2.31. The lowest BCUT2D eigenvalue weighted by Crippen LogP contribution is -2.57. The lowest BCUT2D eigenvalue weighted by Gasteiger charge is -2.25. The highest BCUT2D eigenvalue weighted by molar-refractivity contribution is 5.94. The van der Waals surface area contributed by atoms with E-state index in [1.807, 2.05) is 0 Å². The summed E-state index contributed by atoms with van der Waals surface area (Å²) in [5.74, 6) is -5.19. The van der Waals surface area contributed by atoms with E-state index in [-0.39, 0.29) is 24.5 Å². The van der Waals surface area contributed by atoms with Gasteiger partial charge in [0.25, 0.3) is 0 Å². The number of benzene rings is 1. The Balaban J connectivity index is 3.09. The van der Waals surface area contributed by atoms with Gasteiger partial charge < -0.3 is 37.0 Å². The molecule has 0 bridgehead atoms. The number of carbonyl (C=O) groups is 5. The summed E-state index contributed by atoms with van der Waals surface area (Å²) in [5, 5.41) is 34.7. The van der Waals surface area contributed by atoms with E-state index in [1.165, 1.54) is 19.1 Å². The Morgan fingerprint density at radius 3 is 1.79 bits per heavy atom. The molecule has 0 saturated carbocycles. The standard InChI is InChI=1S/C22H32N4O8/c1-11(2)8-15(20(31)26-17(22(33)34)10-18(28)29)25-21(32)16(24-19(30)12(3)23)9-13-4-6-14(27)7-5-13/h4-7,11-12,15-17,27H,8-10,23H2,1-3H3,(H,24,30)(H,25,32)(H,26,31)(H,28,29)(H,33,34). The number of rotatable bonds is 13. The number of carboxylic acids is 2. The van der Waals surface area contributed by atoms with Crippen LogP contribution in [0.4, 0.5) is 0 Å². The van der Waals surface area contributed by atoms with Crippen LogP contribution >= 0.6 is 0 Å². The smallest absolute Gasteiger partial charge is 0.326 e. The highest BCUT2D eigenvalue weighted by atomic mass is 16.4. The van der Waals surface area contributed by atoms with Gasteiger partial charge in [-0.3, -0.25) is 19.2 Å². The minimum absolute atomic E-state index is 0.0207. The van der Waals surface area contributed by atoms with Crippen LogP contribution in [0.3, 0.4) is 0 Å². The van der Waals surface area contributed by atoms with Gasteiger partial charge in [0.15, 0.2) is 0 Å². The van der Waals surface area contributed by atoms with Crippen LogP contribution in [0.25, 0.3) is 0 Å². The van der Waals surface area contributed by atoms with Crippen LogP contribution in [0, 0.1) is 5.92 Å². The van der Waals surface area contributed by atoms with E-state index in [0.29, 0.717) is 5.56 Å². The zero-order valence-electron chi connectivity index (χ0n) is 19.3. The average molecular weight is 481 g/mol. The van der Waals surface area contributed by atoms with Gasteiger partial charge in [0.05, 0.1) is 12.5 Å². The monoisotopic (exact) mass is 480 g/mol. The zero-order chi connectivity index (χ0) is 26.0. The summed E-state index contributed by atoms with van der Waals surface area (Å²) < 4.78 is 0. The summed E-state index contributed by atoms with van der Waals surface area (Å²) in [4.78, 5) is 60.2. The Kier molecular flexibility index (Phi) is 11.0. The molecule has 0 aromatic heterocycles. The number of carboxylic acid groups (broad SMARTS) is 2. The predicted molar refractivity (Wildman–Crippen MR) is 121 cm³/mol. The number of hydrogen-bond donors (Lipinski definition) is 7. The van der Waals surface area contributed by atoms with Gasteiger partial charge in [0.1, 0.15) is 23.9 Å². The van der Waals surface area contributed by atoms with Crippen LogP contribution < -0.4 is 21.7 Å². The van der Waals surface area contributed by atoms with Crippen LogP contribution in [-0.4, -0.2) is 69.1 Å². The molecule has 4 atom stereocenters. The molecule has 0 fully saturated rings. The molecule has 1 aromatic rings. The lowest BCUT2D eigenvalue weighted by molar-refractivity contribution is -0.147. The van der Waals surface area contributed by atoms with E-state index in [9.17, 15) is 34.2 Å². The van der Waals surface area contributed by atoms with Gasteiger partial charge in [-0.15, -0.1) is 0 Å². The molecule has 8 N–H and O–H groups in total. The van der Waals surface area contributed by atoms with Crippen LogP contribution in [-0.2, 0) is 30.4 Å². The van der Waals surface area contributed by atoms with Crippen molar-refractivity contribution >= 4 is 29.7 Å². The minimum atomic E-state index is -1.68. The van der Waals surface area contributed by atoms with Crippen molar-refractivity contribution in [3.8, 4) is 5.75 Å². The number of aliphatic carboxylic acids is 2. The third-order valence-electron chi connectivity index (χ3n) is 4.76. The van der Waals surface area contributed by atoms with Crippen molar-refractivity contribution in [2.75, 3.05) is 0 Å². The SMILES string of the molecule is CC(C)CC(NC(=O)C(Cc1ccc(O)cc1)NC(=O)C(C)N)C(=O)NC(CC(=O)O)C(=O)O. The number of nitrogens with two attached hydrogens (primary N) is 1. The maximum atomic E-state index is 13.1. The number of amides is 3. The fourth-order valence-corrected chi connectivity index (χ4v) is 3.00. The van der Waals surface area contributed by atoms with Gasteiger partial charge in [0.2, 0.25) is 17.7 Å². The molecule has 34 heavy (non-hydrogen) atoms. The van der Waals surface area contributed by atoms with Crippen LogP contribution in [0.1, 0.15) is 39.2 Å². The second kappa shape index (κ2) is 13.1. The second-order valence-electron chi connectivity index (χ2n) is 8.41. The number of nitrogens with one attached hydrogen (secondary N) is 3. The van der Waals surface area contributed by atoms with Crippen molar-refractivity contribution in [2.24, 2.45) is 11.7 Å². The van der Waals surface area contributed by atoms with Crippen molar-refractivity contribution in [3.05, 3.63) is 29.8 Å². The summed E-state index contributed by atoms with van der Waals surface area (Å²) in [7, 11) is 0. The maximum absolute atomic E-state index is 13.1. The van der Waals surface area contributed by atoms with Crippen LogP contribution in [0.15, 0.2) is 24.3 Å². The van der Waals surface area contributed by atoms with Gasteiger partial charge in [-0.05, 0) is 37.0 Å². The molecular weight excluding hydrogens is 448 g/mol. The molecule has 0 aliphatic heterocycles. The van der Waals surface area contributed by atoms with E-state index in [1.54, 1.807) is 26.0 Å². The molecule has 1 rings (SSSR count). The normalized spacial score (nSPS) is 14.4. The van der Waals surface area contributed by atoms with Gasteiger partial charge in [0, 0.05) is 6.42 Å². The summed E-state index contributed by atoms with van der Waals surface area (Å²) >= 11 is 0. The Bertz CT molecular complexity index is 885. The van der Waals surface area contributed by atoms with Gasteiger partial charge in [-0.1, -0.05) is 26.0 Å². The molecule has 188 valence electrons. The molecule has 0 aliphatic rings. The molecule has 0 aliphatic carbocycles. The van der Waals surface area contributed by atoms with E-state index < -0.39 is 60.2 Å². The van der Waals surface area contributed by atoms with Gasteiger partial charge in [-0.25, -0.2) is 4.79 Å². The second-order valence-corrected chi connectivity index (χ2v) is 8.41. The van der Waals surface area contributed by atoms with Crippen molar-refractivity contribution in [1.82, 2.24) is 16.0 Å². The molecule has 12 nitrogen and oxygen atoms in total. The lowest BCUT2D eigenvalue weighted by atomic mass is 10.0. The number of aromatic hydroxyl groups is 1. The summed E-state index contributed by atoms with van der Waals surface area (Å²) in [6.45, 7) is 5.00. The van der Waals surface area contributed by atoms with Gasteiger partial charge >= 0.3 is 11.9 Å². The molecule has 0 spiro atoms. The Labute approximate surface area is 196 Å². The van der Waals surface area contributed by atoms with E-state index >= 15 is 0 Å². The van der Waals surface area contributed by atoms with Gasteiger partial charge in [-0.2, -0.15) is 0 Å². The fourth-order valence-electron chi connectivity index (χ4n) is 3.00. The van der Waals surface area contributed by atoms with E-state index in [0.717, 1.165) is 0 Å². The molecular formula is C22H32N4O8. The first-order chi connectivity index (χ1) is 15.8. The number of carbonyl (C=O) groups excluding carboxylic acids is 3. The summed E-state index contributed by atoms with van der Waals surface area (Å²) in [6.07, 6.45) is -0.682. The topological polar surface area (TPSA) is 208 Å². The molecule has 4 unspecified atom stereocenters. The molecule has 0 radical (unpaired) electrons. The third kappa shape index (κ3) is 9.86. The Morgan fingerprint density at radius 1 is 0.824 bits per heavy atom. The fraction of sp³-hybridized carbons (Fsp3) is 0.500. The Hall–Kier alpha value is -3.67. The number of hydrogen-bond acceptors (Lipinski definition) is 7. The molecule has 12 heteroatoms. The number of phenols is 1. The Morgan fingerprint density at radius 2 is 1.32 bits per heavy atom. The maximum Gasteiger partial charge on any atom is 0.326 e. The van der Waals surface area contributed by atoms with E-state index in [4.69, 9.17) is 10.8 Å².